The van der Waals surface area contributed by atoms with Crippen molar-refractivity contribution in [1.82, 2.24) is 0 Å². The number of alkyl halides is 2. The van der Waals surface area contributed by atoms with E-state index in [4.69, 9.17) is 0 Å². The van der Waals surface area contributed by atoms with Gasteiger partial charge in [0.25, 0.3) is 0 Å². The number of hydrogen-bond acceptors (Lipinski definition) is 4. The lowest BCUT2D eigenvalue weighted by Crippen LogP contribution is -1.93. The summed E-state index contributed by atoms with van der Waals surface area (Å²) in [5.41, 5.74) is 2.11. The van der Waals surface area contributed by atoms with Crippen molar-refractivity contribution >= 4 is 31.9 Å². The Bertz CT molecular complexity index is 599. The molecule has 0 aliphatic heterocycles. The van der Waals surface area contributed by atoms with Crippen LogP contribution in [-0.4, -0.2) is 20.4 Å². The second-order valence-electron chi connectivity index (χ2n) is 4.27. The quantitative estimate of drug-likeness (QED) is 0.584. The van der Waals surface area contributed by atoms with Crippen LogP contribution in [0.15, 0.2) is 24.3 Å². The second kappa shape index (κ2) is 5.93. The van der Waals surface area contributed by atoms with Crippen LogP contribution in [0.2, 0.25) is 0 Å². The molecule has 0 bridgehead atoms. The Morgan fingerprint density at radius 1 is 0.650 bits per heavy atom. The molecule has 0 aliphatic rings. The lowest BCUT2D eigenvalue weighted by atomic mass is 9.94. The minimum Gasteiger partial charge on any atom is -0.508 e. The Morgan fingerprint density at radius 2 is 1.00 bits per heavy atom. The maximum atomic E-state index is 10.1. The van der Waals surface area contributed by atoms with Crippen LogP contribution in [0.3, 0.4) is 0 Å². The summed E-state index contributed by atoms with van der Waals surface area (Å²) >= 11 is 6.59. The average Bonchev–Trinajstić information content (AvgIpc) is 2.38. The van der Waals surface area contributed by atoms with Gasteiger partial charge in [-0.1, -0.05) is 31.9 Å². The predicted molar refractivity (Wildman–Crippen MR) is 83.8 cm³/mol. The number of rotatable bonds is 3. The maximum absolute atomic E-state index is 10.1. The standard InChI is InChI=1S/C14H12Br2O4/c15-5-7-1-9(17)3-11(19)13(7)14-8(6-16)2-10(18)4-12(14)20/h1-4,17-20H,5-6H2. The Hall–Kier alpha value is -1.40. The molecule has 20 heavy (non-hydrogen) atoms. The Balaban J connectivity index is 2.81. The number of hydrogen-bond donors (Lipinski definition) is 4. The molecule has 4 nitrogen and oxygen atoms in total. The minimum absolute atomic E-state index is 0.0561. The lowest BCUT2D eigenvalue weighted by molar-refractivity contribution is 0.444. The van der Waals surface area contributed by atoms with Crippen molar-refractivity contribution in [3.63, 3.8) is 0 Å². The van der Waals surface area contributed by atoms with Gasteiger partial charge in [-0.15, -0.1) is 0 Å². The first-order valence-corrected chi connectivity index (χ1v) is 7.94. The van der Waals surface area contributed by atoms with E-state index in [1.807, 2.05) is 0 Å². The topological polar surface area (TPSA) is 80.9 Å². The van der Waals surface area contributed by atoms with Crippen LogP contribution in [0.25, 0.3) is 11.1 Å². The molecule has 4 N–H and O–H groups in total. The summed E-state index contributed by atoms with van der Waals surface area (Å²) in [6, 6.07) is 5.44. The zero-order valence-electron chi connectivity index (χ0n) is 10.3. The third-order valence-electron chi connectivity index (χ3n) is 2.91. The van der Waals surface area contributed by atoms with E-state index in [1.54, 1.807) is 0 Å². The van der Waals surface area contributed by atoms with Crippen molar-refractivity contribution in [3.05, 3.63) is 35.4 Å². The van der Waals surface area contributed by atoms with Gasteiger partial charge >= 0.3 is 0 Å². The van der Waals surface area contributed by atoms with Crippen LogP contribution in [0.5, 0.6) is 23.0 Å². The smallest absolute Gasteiger partial charge is 0.127 e. The third-order valence-corrected chi connectivity index (χ3v) is 4.11. The molecule has 0 spiro atoms. The van der Waals surface area contributed by atoms with Crippen LogP contribution < -0.4 is 0 Å². The average molecular weight is 404 g/mol. The normalized spacial score (nSPS) is 10.7. The third kappa shape index (κ3) is 2.71. The minimum atomic E-state index is -0.136. The number of aromatic hydroxyl groups is 4. The highest BCUT2D eigenvalue weighted by Crippen LogP contribution is 2.44. The van der Waals surface area contributed by atoms with Crippen molar-refractivity contribution in [2.45, 2.75) is 10.7 Å². The van der Waals surface area contributed by atoms with Gasteiger partial charge in [0.2, 0.25) is 0 Å². The Labute approximate surface area is 132 Å². The molecule has 0 fully saturated rings. The van der Waals surface area contributed by atoms with Crippen LogP contribution in [0.1, 0.15) is 11.1 Å². The van der Waals surface area contributed by atoms with Crippen molar-refractivity contribution < 1.29 is 20.4 Å². The molecular weight excluding hydrogens is 392 g/mol. The van der Waals surface area contributed by atoms with Crippen LogP contribution in [0, 0.1) is 0 Å². The molecule has 0 heterocycles. The fourth-order valence-electron chi connectivity index (χ4n) is 2.13. The largest absolute Gasteiger partial charge is 0.508 e. The van der Waals surface area contributed by atoms with E-state index in [0.717, 1.165) is 0 Å². The van der Waals surface area contributed by atoms with Crippen molar-refractivity contribution in [2.75, 3.05) is 0 Å². The van der Waals surface area contributed by atoms with Crippen molar-refractivity contribution in [3.8, 4) is 34.1 Å². The second-order valence-corrected chi connectivity index (χ2v) is 5.39. The van der Waals surface area contributed by atoms with Gasteiger partial charge < -0.3 is 20.4 Å². The highest BCUT2D eigenvalue weighted by molar-refractivity contribution is 9.08. The molecule has 2 aromatic carbocycles. The number of halogens is 2. The molecule has 0 saturated heterocycles. The molecule has 0 aromatic heterocycles. The molecule has 0 amide bonds. The summed E-state index contributed by atoms with van der Waals surface area (Å²) in [7, 11) is 0. The van der Waals surface area contributed by atoms with Crippen LogP contribution >= 0.6 is 31.9 Å². The highest BCUT2D eigenvalue weighted by atomic mass is 79.9. The maximum Gasteiger partial charge on any atom is 0.127 e. The van der Waals surface area contributed by atoms with E-state index in [0.29, 0.717) is 32.9 Å². The van der Waals surface area contributed by atoms with Crippen molar-refractivity contribution in [2.24, 2.45) is 0 Å². The van der Waals surface area contributed by atoms with E-state index in [9.17, 15) is 20.4 Å². The SMILES string of the molecule is Oc1cc(O)c(-c2c(O)cc(O)cc2CBr)c(CBr)c1. The molecule has 6 heteroatoms. The first kappa shape index (κ1) is 15.0. The first-order chi connectivity index (χ1) is 9.47. The highest BCUT2D eigenvalue weighted by Gasteiger charge is 2.19. The van der Waals surface area contributed by atoms with E-state index in [1.165, 1.54) is 24.3 Å². The van der Waals surface area contributed by atoms with Gasteiger partial charge in [-0.3, -0.25) is 0 Å². The zero-order valence-corrected chi connectivity index (χ0v) is 13.4. The molecule has 2 rings (SSSR count). The first-order valence-electron chi connectivity index (χ1n) is 5.70. The van der Waals surface area contributed by atoms with Crippen molar-refractivity contribution in [1.29, 1.82) is 0 Å². The molecule has 0 saturated carbocycles. The van der Waals surface area contributed by atoms with Crippen LogP contribution in [-0.2, 0) is 10.7 Å². The Morgan fingerprint density at radius 3 is 1.30 bits per heavy atom. The van der Waals surface area contributed by atoms with Gasteiger partial charge in [0.1, 0.15) is 23.0 Å². The number of benzene rings is 2. The van der Waals surface area contributed by atoms with Gasteiger partial charge in [0.05, 0.1) is 0 Å². The van der Waals surface area contributed by atoms with Gasteiger partial charge in [-0.25, -0.2) is 0 Å². The van der Waals surface area contributed by atoms with Gasteiger partial charge in [0.15, 0.2) is 0 Å². The molecule has 0 aliphatic carbocycles. The fourth-order valence-corrected chi connectivity index (χ4v) is 3.01. The summed E-state index contributed by atoms with van der Waals surface area (Å²) in [6.07, 6.45) is 0. The summed E-state index contributed by atoms with van der Waals surface area (Å²) in [5.74, 6) is -0.385. The van der Waals surface area contributed by atoms with E-state index in [-0.39, 0.29) is 23.0 Å². The molecular formula is C14H12Br2O4. The summed E-state index contributed by atoms with van der Waals surface area (Å²) < 4.78 is 0. The summed E-state index contributed by atoms with van der Waals surface area (Å²) in [4.78, 5) is 0. The molecule has 0 atom stereocenters. The summed E-state index contributed by atoms with van der Waals surface area (Å²) in [5, 5.41) is 40.1. The monoisotopic (exact) mass is 402 g/mol. The number of phenolic OH excluding ortho intramolecular Hbond substituents is 4. The number of phenols is 4. The molecule has 0 unspecified atom stereocenters. The molecule has 0 radical (unpaired) electrons. The Kier molecular flexibility index (Phi) is 4.45. The summed E-state index contributed by atoms with van der Waals surface area (Å²) in [6.45, 7) is 0. The lowest BCUT2D eigenvalue weighted by Gasteiger charge is -2.16. The van der Waals surface area contributed by atoms with E-state index in [2.05, 4.69) is 31.9 Å². The van der Waals surface area contributed by atoms with Gasteiger partial charge in [0, 0.05) is 33.9 Å². The molecule has 2 aromatic rings. The van der Waals surface area contributed by atoms with Gasteiger partial charge in [-0.2, -0.15) is 0 Å². The zero-order chi connectivity index (χ0) is 14.9. The fraction of sp³-hybridized carbons (Fsp3) is 0.143. The molecule has 106 valence electrons. The van der Waals surface area contributed by atoms with E-state index < -0.39 is 0 Å². The van der Waals surface area contributed by atoms with Gasteiger partial charge in [-0.05, 0) is 23.3 Å². The van der Waals surface area contributed by atoms with E-state index >= 15 is 0 Å². The van der Waals surface area contributed by atoms with Crippen LogP contribution in [0.4, 0.5) is 0 Å². The predicted octanol–water partition coefficient (Wildman–Crippen LogP) is 3.97.